The highest BCUT2D eigenvalue weighted by molar-refractivity contribution is 6.34. The standard InChI is InChI=1S/C14H15ClN4O4/c1-3-18-13(10(15)8-16-18)14(20)17-11-6-5-9(23-4-2)7-12(11)19(21)22/h5-8H,3-4H2,1-2H3,(H,17,20). The summed E-state index contributed by atoms with van der Waals surface area (Å²) in [7, 11) is 0. The number of ether oxygens (including phenoxy) is 1. The minimum Gasteiger partial charge on any atom is -0.494 e. The number of halogens is 1. The third-order valence-corrected chi connectivity index (χ3v) is 3.31. The van der Waals surface area contributed by atoms with E-state index in [2.05, 4.69) is 10.4 Å². The molecule has 2 rings (SSSR count). The largest absolute Gasteiger partial charge is 0.494 e. The maximum Gasteiger partial charge on any atom is 0.296 e. The molecule has 0 bridgehead atoms. The van der Waals surface area contributed by atoms with Crippen molar-refractivity contribution in [3.8, 4) is 5.75 Å². The quantitative estimate of drug-likeness (QED) is 0.644. The first-order valence-electron chi connectivity index (χ1n) is 6.91. The second-order valence-corrected chi connectivity index (χ2v) is 4.89. The van der Waals surface area contributed by atoms with Gasteiger partial charge in [0, 0.05) is 6.54 Å². The Kier molecular flexibility index (Phi) is 5.17. The third kappa shape index (κ3) is 3.59. The molecule has 1 aromatic heterocycles. The Bertz CT molecular complexity index is 744. The summed E-state index contributed by atoms with van der Waals surface area (Å²) in [6.07, 6.45) is 1.35. The van der Waals surface area contributed by atoms with Gasteiger partial charge in [-0.1, -0.05) is 11.6 Å². The number of aryl methyl sites for hydroxylation is 1. The highest BCUT2D eigenvalue weighted by Gasteiger charge is 2.22. The minimum absolute atomic E-state index is 0.0587. The zero-order valence-corrected chi connectivity index (χ0v) is 13.3. The molecular weight excluding hydrogens is 324 g/mol. The number of nitrogens with one attached hydrogen (secondary N) is 1. The number of nitrogens with zero attached hydrogens (tertiary/aromatic N) is 3. The molecule has 0 fully saturated rings. The summed E-state index contributed by atoms with van der Waals surface area (Å²) < 4.78 is 6.65. The van der Waals surface area contributed by atoms with E-state index in [4.69, 9.17) is 16.3 Å². The van der Waals surface area contributed by atoms with Gasteiger partial charge in [0.05, 0.1) is 28.8 Å². The molecule has 1 amide bonds. The molecule has 2 aromatic rings. The van der Waals surface area contributed by atoms with Crippen LogP contribution in [0.1, 0.15) is 24.3 Å². The van der Waals surface area contributed by atoms with Crippen molar-refractivity contribution < 1.29 is 14.5 Å². The van der Waals surface area contributed by atoms with Crippen molar-refractivity contribution in [1.29, 1.82) is 0 Å². The highest BCUT2D eigenvalue weighted by Crippen LogP contribution is 2.30. The van der Waals surface area contributed by atoms with Gasteiger partial charge >= 0.3 is 0 Å². The van der Waals surface area contributed by atoms with Gasteiger partial charge < -0.3 is 10.1 Å². The summed E-state index contributed by atoms with van der Waals surface area (Å²) in [5.74, 6) is -0.213. The van der Waals surface area contributed by atoms with Crippen molar-refractivity contribution in [2.45, 2.75) is 20.4 Å². The molecule has 0 aliphatic rings. The number of carbonyl (C=O) groups is 1. The number of hydrogen-bond donors (Lipinski definition) is 1. The fraction of sp³-hybridized carbons (Fsp3) is 0.286. The summed E-state index contributed by atoms with van der Waals surface area (Å²) in [6.45, 7) is 4.41. The molecule has 1 aromatic carbocycles. The van der Waals surface area contributed by atoms with Gasteiger partial charge in [0.1, 0.15) is 17.1 Å². The lowest BCUT2D eigenvalue weighted by Gasteiger charge is -2.09. The van der Waals surface area contributed by atoms with Gasteiger partial charge in [-0.3, -0.25) is 19.6 Å². The SMILES string of the molecule is CCOc1ccc(NC(=O)c2c(Cl)cnn2CC)c([N+](=O)[O-])c1. The zero-order chi connectivity index (χ0) is 17.0. The van der Waals surface area contributed by atoms with E-state index >= 15 is 0 Å². The first-order valence-corrected chi connectivity index (χ1v) is 7.29. The van der Waals surface area contributed by atoms with E-state index in [-0.39, 0.29) is 22.1 Å². The van der Waals surface area contributed by atoms with Crippen LogP contribution in [0.4, 0.5) is 11.4 Å². The van der Waals surface area contributed by atoms with Crippen LogP contribution in [0.3, 0.4) is 0 Å². The molecule has 1 N–H and O–H groups in total. The van der Waals surface area contributed by atoms with E-state index < -0.39 is 10.8 Å². The molecule has 1 heterocycles. The van der Waals surface area contributed by atoms with Crippen molar-refractivity contribution in [2.24, 2.45) is 0 Å². The summed E-state index contributed by atoms with van der Waals surface area (Å²) in [4.78, 5) is 23.0. The fourth-order valence-electron chi connectivity index (χ4n) is 2.03. The molecular formula is C14H15ClN4O4. The Hall–Kier alpha value is -2.61. The summed E-state index contributed by atoms with van der Waals surface area (Å²) in [5.41, 5.74) is -0.0521. The molecule has 0 saturated carbocycles. The topological polar surface area (TPSA) is 99.3 Å². The minimum atomic E-state index is -0.586. The number of nitro groups is 1. The highest BCUT2D eigenvalue weighted by atomic mass is 35.5. The maximum atomic E-state index is 12.4. The van der Waals surface area contributed by atoms with Crippen molar-refractivity contribution in [1.82, 2.24) is 9.78 Å². The average Bonchev–Trinajstić information content (AvgIpc) is 2.89. The van der Waals surface area contributed by atoms with Crippen molar-refractivity contribution in [3.05, 3.63) is 45.2 Å². The predicted molar refractivity (Wildman–Crippen MR) is 85.1 cm³/mol. The number of benzene rings is 1. The van der Waals surface area contributed by atoms with E-state index in [1.165, 1.54) is 23.0 Å². The molecule has 0 atom stereocenters. The van der Waals surface area contributed by atoms with Gasteiger partial charge in [0.2, 0.25) is 0 Å². The molecule has 23 heavy (non-hydrogen) atoms. The number of anilines is 1. The van der Waals surface area contributed by atoms with Crippen LogP contribution in [0.15, 0.2) is 24.4 Å². The van der Waals surface area contributed by atoms with E-state index in [9.17, 15) is 14.9 Å². The van der Waals surface area contributed by atoms with Gasteiger partial charge in [0.25, 0.3) is 11.6 Å². The lowest BCUT2D eigenvalue weighted by Crippen LogP contribution is -2.18. The Labute approximate surface area is 137 Å². The van der Waals surface area contributed by atoms with Gasteiger partial charge in [-0.2, -0.15) is 5.10 Å². The van der Waals surface area contributed by atoms with Gasteiger partial charge in [-0.25, -0.2) is 0 Å². The summed E-state index contributed by atoms with van der Waals surface area (Å²) >= 11 is 5.96. The lowest BCUT2D eigenvalue weighted by molar-refractivity contribution is -0.384. The average molecular weight is 339 g/mol. The fourth-order valence-corrected chi connectivity index (χ4v) is 2.26. The first kappa shape index (κ1) is 16.8. The number of amides is 1. The molecule has 0 unspecified atom stereocenters. The van der Waals surface area contributed by atoms with E-state index in [1.54, 1.807) is 19.9 Å². The molecule has 0 aliphatic carbocycles. The molecule has 0 spiro atoms. The number of rotatable bonds is 6. The zero-order valence-electron chi connectivity index (χ0n) is 12.6. The van der Waals surface area contributed by atoms with Crippen LogP contribution in [-0.4, -0.2) is 27.2 Å². The second kappa shape index (κ2) is 7.10. The van der Waals surface area contributed by atoms with Crippen LogP contribution in [0.25, 0.3) is 0 Å². The Balaban J connectivity index is 2.33. The van der Waals surface area contributed by atoms with Crippen LogP contribution < -0.4 is 10.1 Å². The smallest absolute Gasteiger partial charge is 0.296 e. The monoisotopic (exact) mass is 338 g/mol. The second-order valence-electron chi connectivity index (χ2n) is 4.48. The Morgan fingerprint density at radius 2 is 2.22 bits per heavy atom. The van der Waals surface area contributed by atoms with E-state index in [1.807, 2.05) is 0 Å². The molecule has 9 heteroatoms. The van der Waals surface area contributed by atoms with E-state index in [0.29, 0.717) is 18.9 Å². The molecule has 0 saturated heterocycles. The van der Waals surface area contributed by atoms with Crippen LogP contribution in [0, 0.1) is 10.1 Å². The molecule has 8 nitrogen and oxygen atoms in total. The summed E-state index contributed by atoms with van der Waals surface area (Å²) in [6, 6.07) is 4.23. The normalized spacial score (nSPS) is 10.4. The maximum absolute atomic E-state index is 12.4. The van der Waals surface area contributed by atoms with Crippen LogP contribution in [0.5, 0.6) is 5.75 Å². The molecule has 0 aliphatic heterocycles. The Morgan fingerprint density at radius 3 is 2.83 bits per heavy atom. The van der Waals surface area contributed by atoms with Gasteiger partial charge in [0.15, 0.2) is 0 Å². The third-order valence-electron chi connectivity index (χ3n) is 3.03. The van der Waals surface area contributed by atoms with Crippen LogP contribution in [0.2, 0.25) is 5.02 Å². The summed E-state index contributed by atoms with van der Waals surface area (Å²) in [5, 5.41) is 17.8. The number of carbonyl (C=O) groups excluding carboxylic acids is 1. The van der Waals surface area contributed by atoms with Crippen molar-refractivity contribution >= 4 is 28.9 Å². The number of aromatic nitrogens is 2. The molecule has 122 valence electrons. The number of nitro benzene ring substituents is 1. The predicted octanol–water partition coefficient (Wildman–Crippen LogP) is 3.12. The Morgan fingerprint density at radius 1 is 1.48 bits per heavy atom. The van der Waals surface area contributed by atoms with Gasteiger partial charge in [-0.05, 0) is 26.0 Å². The van der Waals surface area contributed by atoms with Gasteiger partial charge in [-0.15, -0.1) is 0 Å². The van der Waals surface area contributed by atoms with Crippen molar-refractivity contribution in [2.75, 3.05) is 11.9 Å². The number of hydrogen-bond acceptors (Lipinski definition) is 5. The van der Waals surface area contributed by atoms with Crippen LogP contribution >= 0.6 is 11.6 Å². The molecule has 0 radical (unpaired) electrons. The van der Waals surface area contributed by atoms with Crippen molar-refractivity contribution in [3.63, 3.8) is 0 Å². The lowest BCUT2D eigenvalue weighted by atomic mass is 10.2. The first-order chi connectivity index (χ1) is 11.0. The van der Waals surface area contributed by atoms with E-state index in [0.717, 1.165) is 0 Å². The van der Waals surface area contributed by atoms with Crippen LogP contribution in [-0.2, 0) is 6.54 Å².